The van der Waals surface area contributed by atoms with Gasteiger partial charge in [-0.3, -0.25) is 9.69 Å². The Morgan fingerprint density at radius 1 is 1.24 bits per heavy atom. The van der Waals surface area contributed by atoms with Crippen LogP contribution in [0, 0.1) is 0 Å². The highest BCUT2D eigenvalue weighted by Crippen LogP contribution is 2.28. The van der Waals surface area contributed by atoms with Crippen molar-refractivity contribution in [2.24, 2.45) is 0 Å². The van der Waals surface area contributed by atoms with Crippen molar-refractivity contribution in [1.29, 1.82) is 0 Å². The van der Waals surface area contributed by atoms with Crippen LogP contribution in [0.4, 0.5) is 5.69 Å². The minimum absolute atomic E-state index is 0.0543. The number of rotatable bonds is 7. The van der Waals surface area contributed by atoms with Crippen molar-refractivity contribution in [2.45, 2.75) is 6.54 Å². The van der Waals surface area contributed by atoms with Gasteiger partial charge >= 0.3 is 0 Å². The van der Waals surface area contributed by atoms with Crippen LogP contribution in [-0.2, 0) is 11.3 Å². The van der Waals surface area contributed by atoms with Crippen molar-refractivity contribution in [3.63, 3.8) is 0 Å². The molecule has 5 nitrogen and oxygen atoms in total. The summed E-state index contributed by atoms with van der Waals surface area (Å²) in [6.07, 6.45) is 0. The Kier molecular flexibility index (Phi) is 5.80. The number of carbonyl (C=O) groups is 1. The topological polar surface area (TPSA) is 54.5 Å². The monoisotopic (exact) mass is 373 g/mol. The lowest BCUT2D eigenvalue weighted by Crippen LogP contribution is -2.29. The molecule has 0 saturated heterocycles. The van der Waals surface area contributed by atoms with Crippen LogP contribution >= 0.6 is 22.7 Å². The summed E-state index contributed by atoms with van der Waals surface area (Å²) in [5.74, 6) is 0.710. The number of hydrogen-bond donors (Lipinski definition) is 1. The smallest absolute Gasteiger partial charge is 0.238 e. The standard InChI is InChI=1S/C18H19N3O2S2/c1-21(10-14-12-25-18(20-14)16-4-3-9-24-16)11-17(22)19-13-5-7-15(23-2)8-6-13/h3-9,12H,10-11H2,1-2H3,(H,19,22). The number of thiazole rings is 1. The molecule has 0 atom stereocenters. The number of methoxy groups -OCH3 is 1. The molecule has 0 unspecified atom stereocenters. The van der Waals surface area contributed by atoms with Gasteiger partial charge < -0.3 is 10.1 Å². The fourth-order valence-corrected chi connectivity index (χ4v) is 3.97. The SMILES string of the molecule is COc1ccc(NC(=O)CN(C)Cc2csc(-c3cccs3)n2)cc1. The lowest BCUT2D eigenvalue weighted by Gasteiger charge is -2.15. The molecule has 2 aromatic heterocycles. The van der Waals surface area contributed by atoms with Gasteiger partial charge in [-0.15, -0.1) is 22.7 Å². The number of hydrogen-bond acceptors (Lipinski definition) is 6. The second-order valence-corrected chi connectivity index (χ2v) is 7.38. The van der Waals surface area contributed by atoms with Gasteiger partial charge in [0.05, 0.1) is 24.2 Å². The molecule has 0 bridgehead atoms. The lowest BCUT2D eigenvalue weighted by molar-refractivity contribution is -0.117. The number of amides is 1. The first-order valence-electron chi connectivity index (χ1n) is 7.75. The van der Waals surface area contributed by atoms with Crippen LogP contribution in [0.15, 0.2) is 47.2 Å². The summed E-state index contributed by atoms with van der Waals surface area (Å²) in [5, 5.41) is 8.01. The van der Waals surface area contributed by atoms with E-state index in [0.717, 1.165) is 22.1 Å². The number of anilines is 1. The number of thiophene rings is 1. The minimum atomic E-state index is -0.0543. The van der Waals surface area contributed by atoms with E-state index in [-0.39, 0.29) is 5.91 Å². The van der Waals surface area contributed by atoms with Gasteiger partial charge in [0, 0.05) is 17.6 Å². The Morgan fingerprint density at radius 3 is 2.72 bits per heavy atom. The first-order chi connectivity index (χ1) is 12.1. The summed E-state index contributed by atoms with van der Waals surface area (Å²) in [7, 11) is 3.53. The number of ether oxygens (including phenoxy) is 1. The van der Waals surface area contributed by atoms with Crippen LogP contribution in [0.25, 0.3) is 9.88 Å². The average molecular weight is 374 g/mol. The van der Waals surface area contributed by atoms with Crippen molar-refractivity contribution in [3.05, 3.63) is 52.9 Å². The van der Waals surface area contributed by atoms with E-state index in [9.17, 15) is 4.79 Å². The molecule has 25 heavy (non-hydrogen) atoms. The van der Waals surface area contributed by atoms with E-state index >= 15 is 0 Å². The number of nitrogens with one attached hydrogen (secondary N) is 1. The summed E-state index contributed by atoms with van der Waals surface area (Å²) in [6.45, 7) is 0.940. The van der Waals surface area contributed by atoms with Gasteiger partial charge in [-0.25, -0.2) is 4.98 Å². The van der Waals surface area contributed by atoms with E-state index in [1.54, 1.807) is 29.8 Å². The van der Waals surface area contributed by atoms with Crippen molar-refractivity contribution in [3.8, 4) is 15.6 Å². The van der Waals surface area contributed by atoms with Gasteiger partial charge in [0.25, 0.3) is 0 Å². The molecule has 0 radical (unpaired) electrons. The van der Waals surface area contributed by atoms with Crippen LogP contribution in [0.3, 0.4) is 0 Å². The van der Waals surface area contributed by atoms with Crippen molar-refractivity contribution in [2.75, 3.05) is 26.0 Å². The Morgan fingerprint density at radius 2 is 2.04 bits per heavy atom. The zero-order chi connectivity index (χ0) is 17.6. The van der Waals surface area contributed by atoms with Gasteiger partial charge in [0.15, 0.2) is 0 Å². The number of aromatic nitrogens is 1. The van der Waals surface area contributed by atoms with Crippen molar-refractivity contribution >= 4 is 34.3 Å². The molecule has 0 fully saturated rings. The molecule has 0 aliphatic heterocycles. The summed E-state index contributed by atoms with van der Waals surface area (Å²) in [5.41, 5.74) is 1.74. The van der Waals surface area contributed by atoms with Gasteiger partial charge in [-0.05, 0) is 42.8 Å². The lowest BCUT2D eigenvalue weighted by atomic mass is 10.3. The maximum absolute atomic E-state index is 12.2. The molecule has 1 N–H and O–H groups in total. The molecule has 130 valence electrons. The molecule has 3 rings (SSSR count). The molecule has 3 aromatic rings. The van der Waals surface area contributed by atoms with Crippen LogP contribution in [-0.4, -0.2) is 36.5 Å². The van der Waals surface area contributed by atoms with Gasteiger partial charge in [0.1, 0.15) is 10.8 Å². The van der Waals surface area contributed by atoms with E-state index < -0.39 is 0 Å². The Hall–Kier alpha value is -2.22. The molecular formula is C18H19N3O2S2. The molecule has 0 saturated carbocycles. The second kappa shape index (κ2) is 8.24. The predicted octanol–water partition coefficient (Wildman–Crippen LogP) is 3.95. The molecule has 1 aromatic carbocycles. The Labute approximate surface area is 154 Å². The van der Waals surface area contributed by atoms with E-state index in [1.165, 1.54) is 4.88 Å². The van der Waals surface area contributed by atoms with E-state index in [0.29, 0.717) is 13.1 Å². The van der Waals surface area contributed by atoms with Gasteiger partial charge in [-0.2, -0.15) is 0 Å². The van der Waals surface area contributed by atoms with Gasteiger partial charge in [-0.1, -0.05) is 6.07 Å². The maximum Gasteiger partial charge on any atom is 0.238 e. The second-order valence-electron chi connectivity index (χ2n) is 5.57. The van der Waals surface area contributed by atoms with Crippen LogP contribution in [0.1, 0.15) is 5.69 Å². The first-order valence-corrected chi connectivity index (χ1v) is 9.50. The molecular weight excluding hydrogens is 354 g/mol. The molecule has 0 spiro atoms. The first kappa shape index (κ1) is 17.6. The fraction of sp³-hybridized carbons (Fsp3) is 0.222. The third-order valence-corrected chi connectivity index (χ3v) is 5.43. The predicted molar refractivity (Wildman–Crippen MR) is 103 cm³/mol. The molecule has 0 aliphatic carbocycles. The fourth-order valence-electron chi connectivity index (χ4n) is 2.35. The summed E-state index contributed by atoms with van der Waals surface area (Å²) in [4.78, 5) is 19.9. The average Bonchev–Trinajstić information content (AvgIpc) is 3.26. The molecule has 2 heterocycles. The third-order valence-electron chi connectivity index (χ3n) is 3.50. The number of likely N-dealkylation sites (N-methyl/N-ethyl adjacent to an activating group) is 1. The molecule has 0 aliphatic rings. The summed E-state index contributed by atoms with van der Waals surface area (Å²) in [6, 6.07) is 11.4. The minimum Gasteiger partial charge on any atom is -0.497 e. The van der Waals surface area contributed by atoms with E-state index in [2.05, 4.69) is 16.4 Å². The Balaban J connectivity index is 1.51. The highest BCUT2D eigenvalue weighted by atomic mass is 32.1. The van der Waals surface area contributed by atoms with E-state index in [4.69, 9.17) is 4.74 Å². The zero-order valence-corrected chi connectivity index (χ0v) is 15.7. The normalized spacial score (nSPS) is 10.8. The highest BCUT2D eigenvalue weighted by molar-refractivity contribution is 7.20. The largest absolute Gasteiger partial charge is 0.497 e. The number of nitrogens with zero attached hydrogens (tertiary/aromatic N) is 2. The van der Waals surface area contributed by atoms with Crippen LogP contribution < -0.4 is 10.1 Å². The number of carbonyl (C=O) groups excluding carboxylic acids is 1. The van der Waals surface area contributed by atoms with E-state index in [1.807, 2.05) is 53.0 Å². The molecule has 7 heteroatoms. The number of benzene rings is 1. The zero-order valence-electron chi connectivity index (χ0n) is 14.1. The summed E-state index contributed by atoms with van der Waals surface area (Å²) < 4.78 is 5.11. The third kappa shape index (κ3) is 4.88. The Bertz CT molecular complexity index is 813. The van der Waals surface area contributed by atoms with Crippen molar-refractivity contribution in [1.82, 2.24) is 9.88 Å². The quantitative estimate of drug-likeness (QED) is 0.681. The van der Waals surface area contributed by atoms with Crippen molar-refractivity contribution < 1.29 is 9.53 Å². The van der Waals surface area contributed by atoms with Crippen LogP contribution in [0.2, 0.25) is 0 Å². The van der Waals surface area contributed by atoms with Crippen LogP contribution in [0.5, 0.6) is 5.75 Å². The maximum atomic E-state index is 12.2. The summed E-state index contributed by atoms with van der Waals surface area (Å²) >= 11 is 3.32. The highest BCUT2D eigenvalue weighted by Gasteiger charge is 2.11. The van der Waals surface area contributed by atoms with Gasteiger partial charge in [0.2, 0.25) is 5.91 Å². The molecule has 1 amide bonds.